The quantitative estimate of drug-likeness (QED) is 0.470. The van der Waals surface area contributed by atoms with E-state index < -0.39 is 0 Å². The van der Waals surface area contributed by atoms with Crippen molar-refractivity contribution in [1.82, 2.24) is 4.98 Å². The minimum absolute atomic E-state index is 0.165. The van der Waals surface area contributed by atoms with E-state index in [2.05, 4.69) is 11.4 Å². The highest BCUT2D eigenvalue weighted by Crippen LogP contribution is 2.26. The predicted molar refractivity (Wildman–Crippen MR) is 117 cm³/mol. The van der Waals surface area contributed by atoms with Gasteiger partial charge in [-0.1, -0.05) is 42.0 Å². The van der Waals surface area contributed by atoms with E-state index in [1.165, 1.54) is 0 Å². The standard InChI is InChI=1S/C25H22N2O2/c1-3-29-20-13-11-19(12-14-20)26-25(28)22-16-24(18-8-6-7-17(2)15-18)27-23-10-5-4-9-21(22)23/h4-16H,3H2,1-2H3,(H,26,28). The molecule has 4 nitrogen and oxygen atoms in total. The highest BCUT2D eigenvalue weighted by molar-refractivity contribution is 6.13. The molecular formula is C25H22N2O2. The molecule has 0 saturated heterocycles. The summed E-state index contributed by atoms with van der Waals surface area (Å²) in [6.07, 6.45) is 0. The Morgan fingerprint density at radius 3 is 2.52 bits per heavy atom. The number of amides is 1. The van der Waals surface area contributed by atoms with Gasteiger partial charge in [-0.2, -0.15) is 0 Å². The van der Waals surface area contributed by atoms with Crippen molar-refractivity contribution in [3.63, 3.8) is 0 Å². The van der Waals surface area contributed by atoms with Crippen LogP contribution in [0.15, 0.2) is 78.9 Å². The summed E-state index contributed by atoms with van der Waals surface area (Å²) in [5.74, 6) is 0.614. The molecule has 4 heteroatoms. The molecule has 0 spiro atoms. The number of rotatable bonds is 5. The number of fused-ring (bicyclic) bond motifs is 1. The molecule has 3 aromatic carbocycles. The maximum Gasteiger partial charge on any atom is 0.256 e. The fourth-order valence-electron chi connectivity index (χ4n) is 3.32. The number of ether oxygens (including phenoxy) is 1. The predicted octanol–water partition coefficient (Wildman–Crippen LogP) is 5.86. The first kappa shape index (κ1) is 18.7. The lowest BCUT2D eigenvalue weighted by Crippen LogP contribution is -2.13. The van der Waals surface area contributed by atoms with Crippen molar-refractivity contribution < 1.29 is 9.53 Å². The van der Waals surface area contributed by atoms with Crippen molar-refractivity contribution in [1.29, 1.82) is 0 Å². The zero-order chi connectivity index (χ0) is 20.2. The molecule has 1 heterocycles. The zero-order valence-corrected chi connectivity index (χ0v) is 16.5. The van der Waals surface area contributed by atoms with E-state index in [-0.39, 0.29) is 5.91 Å². The Bertz CT molecular complexity index is 1170. The van der Waals surface area contributed by atoms with E-state index in [0.717, 1.165) is 39.2 Å². The summed E-state index contributed by atoms with van der Waals surface area (Å²) in [7, 11) is 0. The number of carbonyl (C=O) groups excluding carboxylic acids is 1. The monoisotopic (exact) mass is 382 g/mol. The Labute approximate surface area is 170 Å². The first-order chi connectivity index (χ1) is 14.1. The summed E-state index contributed by atoms with van der Waals surface area (Å²) < 4.78 is 5.46. The molecule has 0 aliphatic carbocycles. The normalized spacial score (nSPS) is 10.7. The SMILES string of the molecule is CCOc1ccc(NC(=O)c2cc(-c3cccc(C)c3)nc3ccccc23)cc1. The third-order valence-electron chi connectivity index (χ3n) is 4.70. The lowest BCUT2D eigenvalue weighted by Gasteiger charge is -2.11. The van der Waals surface area contributed by atoms with Gasteiger partial charge in [0, 0.05) is 16.6 Å². The number of benzene rings is 3. The molecule has 1 N–H and O–H groups in total. The number of carbonyl (C=O) groups is 1. The molecule has 0 radical (unpaired) electrons. The molecule has 0 fully saturated rings. The van der Waals surface area contributed by atoms with Gasteiger partial charge >= 0.3 is 0 Å². The largest absolute Gasteiger partial charge is 0.494 e. The van der Waals surface area contributed by atoms with Gasteiger partial charge in [-0.3, -0.25) is 4.79 Å². The van der Waals surface area contributed by atoms with Crippen molar-refractivity contribution >= 4 is 22.5 Å². The molecule has 4 rings (SSSR count). The first-order valence-electron chi connectivity index (χ1n) is 9.65. The van der Waals surface area contributed by atoms with Crippen LogP contribution < -0.4 is 10.1 Å². The third-order valence-corrected chi connectivity index (χ3v) is 4.70. The second-order valence-corrected chi connectivity index (χ2v) is 6.85. The van der Waals surface area contributed by atoms with Gasteiger partial charge in [0.15, 0.2) is 0 Å². The fraction of sp³-hybridized carbons (Fsp3) is 0.120. The maximum atomic E-state index is 13.1. The molecule has 0 bridgehead atoms. The second-order valence-electron chi connectivity index (χ2n) is 6.85. The van der Waals surface area contributed by atoms with Gasteiger partial charge in [0.05, 0.1) is 23.4 Å². The van der Waals surface area contributed by atoms with E-state index in [1.807, 2.05) is 86.6 Å². The Hall–Kier alpha value is -3.66. The number of anilines is 1. The van der Waals surface area contributed by atoms with Crippen molar-refractivity contribution in [3.8, 4) is 17.0 Å². The molecule has 0 aliphatic heterocycles. The number of pyridine rings is 1. The maximum absolute atomic E-state index is 13.1. The van der Waals surface area contributed by atoms with E-state index >= 15 is 0 Å². The minimum atomic E-state index is -0.165. The van der Waals surface area contributed by atoms with Crippen LogP contribution in [0.5, 0.6) is 5.75 Å². The Morgan fingerprint density at radius 1 is 0.966 bits per heavy atom. The number of hydrogen-bond acceptors (Lipinski definition) is 3. The van der Waals surface area contributed by atoms with Gasteiger partial charge in [-0.05, 0) is 56.3 Å². The molecule has 1 amide bonds. The number of para-hydroxylation sites is 1. The number of nitrogens with one attached hydrogen (secondary N) is 1. The third kappa shape index (κ3) is 4.11. The minimum Gasteiger partial charge on any atom is -0.494 e. The molecule has 29 heavy (non-hydrogen) atoms. The topological polar surface area (TPSA) is 51.2 Å². The average molecular weight is 382 g/mol. The molecule has 144 valence electrons. The molecule has 0 unspecified atom stereocenters. The summed E-state index contributed by atoms with van der Waals surface area (Å²) in [5, 5.41) is 3.81. The van der Waals surface area contributed by atoms with Crippen LogP contribution in [0.25, 0.3) is 22.2 Å². The smallest absolute Gasteiger partial charge is 0.256 e. The van der Waals surface area contributed by atoms with E-state index in [4.69, 9.17) is 9.72 Å². The van der Waals surface area contributed by atoms with Crippen LogP contribution in [0.1, 0.15) is 22.8 Å². The molecule has 4 aromatic rings. The molecule has 0 atom stereocenters. The van der Waals surface area contributed by atoms with Crippen molar-refractivity contribution in [3.05, 3.63) is 90.0 Å². The number of hydrogen-bond donors (Lipinski definition) is 1. The zero-order valence-electron chi connectivity index (χ0n) is 16.5. The molecule has 1 aromatic heterocycles. The molecular weight excluding hydrogens is 360 g/mol. The van der Waals surface area contributed by atoms with Crippen LogP contribution in [0.2, 0.25) is 0 Å². The number of aryl methyl sites for hydroxylation is 1. The number of nitrogens with zero attached hydrogens (tertiary/aromatic N) is 1. The van der Waals surface area contributed by atoms with Gasteiger partial charge in [-0.15, -0.1) is 0 Å². The van der Waals surface area contributed by atoms with Gasteiger partial charge in [0.2, 0.25) is 0 Å². The summed E-state index contributed by atoms with van der Waals surface area (Å²) in [6.45, 7) is 4.59. The van der Waals surface area contributed by atoms with E-state index in [0.29, 0.717) is 12.2 Å². The van der Waals surface area contributed by atoms with Crippen molar-refractivity contribution in [2.75, 3.05) is 11.9 Å². The summed E-state index contributed by atoms with van der Waals surface area (Å²) in [4.78, 5) is 17.9. The van der Waals surface area contributed by atoms with Crippen LogP contribution in [-0.2, 0) is 0 Å². The van der Waals surface area contributed by atoms with Gasteiger partial charge in [0.1, 0.15) is 5.75 Å². The van der Waals surface area contributed by atoms with Gasteiger partial charge in [-0.25, -0.2) is 4.98 Å². The highest BCUT2D eigenvalue weighted by atomic mass is 16.5. The van der Waals surface area contributed by atoms with E-state index in [1.54, 1.807) is 0 Å². The summed E-state index contributed by atoms with van der Waals surface area (Å²) in [6, 6.07) is 25.1. The summed E-state index contributed by atoms with van der Waals surface area (Å²) in [5.41, 5.74) is 5.04. The molecule has 0 saturated carbocycles. The van der Waals surface area contributed by atoms with Crippen LogP contribution in [0.4, 0.5) is 5.69 Å². The second kappa shape index (κ2) is 8.15. The fourth-order valence-corrected chi connectivity index (χ4v) is 3.32. The first-order valence-corrected chi connectivity index (χ1v) is 9.65. The van der Waals surface area contributed by atoms with Gasteiger partial charge in [0.25, 0.3) is 5.91 Å². The Kier molecular flexibility index (Phi) is 5.25. The Morgan fingerprint density at radius 2 is 1.76 bits per heavy atom. The van der Waals surface area contributed by atoms with Crippen LogP contribution in [0.3, 0.4) is 0 Å². The highest BCUT2D eigenvalue weighted by Gasteiger charge is 2.14. The lowest BCUT2D eigenvalue weighted by molar-refractivity contribution is 0.102. The van der Waals surface area contributed by atoms with Crippen LogP contribution >= 0.6 is 0 Å². The molecule has 0 aliphatic rings. The lowest BCUT2D eigenvalue weighted by atomic mass is 10.0. The number of aromatic nitrogens is 1. The average Bonchev–Trinajstić information content (AvgIpc) is 2.74. The van der Waals surface area contributed by atoms with Gasteiger partial charge < -0.3 is 10.1 Å². The van der Waals surface area contributed by atoms with E-state index in [9.17, 15) is 4.79 Å². The van der Waals surface area contributed by atoms with Crippen molar-refractivity contribution in [2.45, 2.75) is 13.8 Å². The van der Waals surface area contributed by atoms with Crippen LogP contribution in [-0.4, -0.2) is 17.5 Å². The Balaban J connectivity index is 1.72. The summed E-state index contributed by atoms with van der Waals surface area (Å²) >= 11 is 0. The van der Waals surface area contributed by atoms with Crippen molar-refractivity contribution in [2.24, 2.45) is 0 Å². The van der Waals surface area contributed by atoms with Crippen LogP contribution in [0, 0.1) is 6.92 Å².